The standard InChI is InChI=1S/C26H33ClN4O2/c1-20-4-2-5-22(18-20)25(32)30-12-3-13-31(17-16-30)26(33)28-24-10-14-29(15-11-24)19-21-6-8-23(27)9-7-21/h2,4-9,18,24H,3,10-17,19H2,1H3,(H,28,33). The van der Waals surface area contributed by atoms with Gasteiger partial charge in [0.15, 0.2) is 0 Å². The van der Waals surface area contributed by atoms with Crippen molar-refractivity contribution in [3.05, 3.63) is 70.2 Å². The molecule has 1 N–H and O–H groups in total. The van der Waals surface area contributed by atoms with Gasteiger partial charge in [0, 0.05) is 62.4 Å². The normalized spacial score (nSPS) is 18.1. The number of nitrogens with one attached hydrogen (secondary N) is 1. The first-order chi connectivity index (χ1) is 16.0. The van der Waals surface area contributed by atoms with Gasteiger partial charge in [-0.25, -0.2) is 4.79 Å². The molecule has 0 aromatic heterocycles. The fraction of sp³-hybridized carbons (Fsp3) is 0.462. The summed E-state index contributed by atoms with van der Waals surface area (Å²) in [5, 5.41) is 3.99. The number of likely N-dealkylation sites (tertiary alicyclic amines) is 1. The molecule has 33 heavy (non-hydrogen) atoms. The first kappa shape index (κ1) is 23.6. The molecule has 2 aliphatic rings. The number of hydrogen-bond acceptors (Lipinski definition) is 3. The number of nitrogens with zero attached hydrogens (tertiary/aromatic N) is 3. The smallest absolute Gasteiger partial charge is 0.317 e. The predicted octanol–water partition coefficient (Wildman–Crippen LogP) is 4.17. The molecule has 4 rings (SSSR count). The van der Waals surface area contributed by atoms with Crippen molar-refractivity contribution in [1.82, 2.24) is 20.0 Å². The molecule has 0 radical (unpaired) electrons. The van der Waals surface area contributed by atoms with Gasteiger partial charge in [0.25, 0.3) is 5.91 Å². The van der Waals surface area contributed by atoms with Gasteiger partial charge in [-0.3, -0.25) is 9.69 Å². The molecule has 0 saturated carbocycles. The number of halogens is 1. The van der Waals surface area contributed by atoms with Crippen LogP contribution in [-0.4, -0.2) is 71.9 Å². The second-order valence-electron chi connectivity index (χ2n) is 9.13. The van der Waals surface area contributed by atoms with Crippen molar-refractivity contribution in [3.8, 4) is 0 Å². The maximum atomic E-state index is 12.9. The molecular formula is C26H33ClN4O2. The van der Waals surface area contributed by atoms with E-state index in [0.29, 0.717) is 26.2 Å². The zero-order valence-corrected chi connectivity index (χ0v) is 20.1. The third-order valence-electron chi connectivity index (χ3n) is 6.57. The molecule has 6 nitrogen and oxygen atoms in total. The number of carbonyl (C=O) groups excluding carboxylic acids is 2. The van der Waals surface area contributed by atoms with Crippen LogP contribution in [0.1, 0.15) is 40.7 Å². The molecule has 0 aliphatic carbocycles. The Balaban J connectivity index is 1.22. The summed E-state index contributed by atoms with van der Waals surface area (Å²) in [7, 11) is 0. The Morgan fingerprint density at radius 2 is 1.64 bits per heavy atom. The lowest BCUT2D eigenvalue weighted by Crippen LogP contribution is -2.50. The number of piperidine rings is 1. The van der Waals surface area contributed by atoms with Gasteiger partial charge in [-0.05, 0) is 56.0 Å². The second-order valence-corrected chi connectivity index (χ2v) is 9.57. The minimum absolute atomic E-state index is 0.00370. The summed E-state index contributed by atoms with van der Waals surface area (Å²) in [4.78, 5) is 31.9. The maximum Gasteiger partial charge on any atom is 0.317 e. The number of hydrogen-bond donors (Lipinski definition) is 1. The van der Waals surface area contributed by atoms with Crippen LogP contribution in [0.3, 0.4) is 0 Å². The summed E-state index contributed by atoms with van der Waals surface area (Å²) in [5.41, 5.74) is 3.06. The Bertz CT molecular complexity index is 957. The Hall–Kier alpha value is -2.57. The molecule has 2 saturated heterocycles. The maximum absolute atomic E-state index is 12.9. The largest absolute Gasteiger partial charge is 0.337 e. The Morgan fingerprint density at radius 3 is 2.36 bits per heavy atom. The second kappa shape index (κ2) is 11.0. The quantitative estimate of drug-likeness (QED) is 0.732. The SMILES string of the molecule is Cc1cccc(C(=O)N2CCCN(C(=O)NC3CCN(Cc4ccc(Cl)cc4)CC3)CC2)c1. The number of benzene rings is 2. The van der Waals surface area contributed by atoms with E-state index in [2.05, 4.69) is 22.3 Å². The van der Waals surface area contributed by atoms with E-state index in [9.17, 15) is 9.59 Å². The van der Waals surface area contributed by atoms with Gasteiger partial charge in [0.2, 0.25) is 0 Å². The molecule has 0 bridgehead atoms. The van der Waals surface area contributed by atoms with Crippen molar-refractivity contribution in [2.75, 3.05) is 39.3 Å². The first-order valence-electron chi connectivity index (χ1n) is 11.9. The van der Waals surface area contributed by atoms with Gasteiger partial charge >= 0.3 is 6.03 Å². The molecule has 2 fully saturated rings. The van der Waals surface area contributed by atoms with Gasteiger partial charge in [0.1, 0.15) is 0 Å². The zero-order chi connectivity index (χ0) is 23.2. The highest BCUT2D eigenvalue weighted by Crippen LogP contribution is 2.17. The van der Waals surface area contributed by atoms with E-state index < -0.39 is 0 Å². The zero-order valence-electron chi connectivity index (χ0n) is 19.3. The van der Waals surface area contributed by atoms with Crippen LogP contribution in [0, 0.1) is 6.92 Å². The van der Waals surface area contributed by atoms with Crippen LogP contribution >= 0.6 is 11.6 Å². The van der Waals surface area contributed by atoms with E-state index in [-0.39, 0.29) is 18.0 Å². The first-order valence-corrected chi connectivity index (χ1v) is 12.2. The van der Waals surface area contributed by atoms with Crippen LogP contribution in [0.2, 0.25) is 5.02 Å². The summed E-state index contributed by atoms with van der Waals surface area (Å²) in [6, 6.07) is 15.9. The van der Waals surface area contributed by atoms with Gasteiger partial charge in [-0.2, -0.15) is 0 Å². The van der Waals surface area contributed by atoms with Gasteiger partial charge in [-0.15, -0.1) is 0 Å². The van der Waals surface area contributed by atoms with Crippen molar-refractivity contribution in [3.63, 3.8) is 0 Å². The van der Waals surface area contributed by atoms with Gasteiger partial charge in [-0.1, -0.05) is 41.4 Å². The summed E-state index contributed by atoms with van der Waals surface area (Å²) < 4.78 is 0. The van der Waals surface area contributed by atoms with Crippen molar-refractivity contribution in [2.45, 2.75) is 38.8 Å². The fourth-order valence-electron chi connectivity index (χ4n) is 4.63. The highest BCUT2D eigenvalue weighted by atomic mass is 35.5. The van der Waals surface area contributed by atoms with E-state index in [4.69, 9.17) is 11.6 Å². The highest BCUT2D eigenvalue weighted by molar-refractivity contribution is 6.30. The number of aryl methyl sites for hydroxylation is 1. The summed E-state index contributed by atoms with van der Waals surface area (Å²) in [6.07, 6.45) is 2.70. The van der Waals surface area contributed by atoms with Gasteiger partial charge < -0.3 is 15.1 Å². The number of carbonyl (C=O) groups is 2. The van der Waals surface area contributed by atoms with Gasteiger partial charge in [0.05, 0.1) is 0 Å². The Labute approximate surface area is 201 Å². The molecule has 0 unspecified atom stereocenters. The average molecular weight is 469 g/mol. The summed E-state index contributed by atoms with van der Waals surface area (Å²) >= 11 is 5.98. The van der Waals surface area contributed by atoms with E-state index in [1.807, 2.05) is 53.1 Å². The number of rotatable bonds is 4. The van der Waals surface area contributed by atoms with Crippen LogP contribution < -0.4 is 5.32 Å². The molecule has 2 aromatic carbocycles. The summed E-state index contributed by atoms with van der Waals surface area (Å²) in [5.74, 6) is 0.0500. The van der Waals surface area contributed by atoms with Crippen molar-refractivity contribution < 1.29 is 9.59 Å². The minimum atomic E-state index is -0.00370. The third-order valence-corrected chi connectivity index (χ3v) is 6.82. The van der Waals surface area contributed by atoms with E-state index in [1.165, 1.54) is 5.56 Å². The fourth-order valence-corrected chi connectivity index (χ4v) is 4.76. The molecule has 7 heteroatoms. The minimum Gasteiger partial charge on any atom is -0.337 e. The van der Waals surface area contributed by atoms with Crippen molar-refractivity contribution >= 4 is 23.5 Å². The Kier molecular flexibility index (Phi) is 7.89. The molecule has 176 valence electrons. The Morgan fingerprint density at radius 1 is 0.939 bits per heavy atom. The molecule has 2 aliphatic heterocycles. The topological polar surface area (TPSA) is 55.9 Å². The van der Waals surface area contributed by atoms with E-state index in [0.717, 1.165) is 55.0 Å². The molecule has 0 atom stereocenters. The molecule has 2 aromatic rings. The molecule has 0 spiro atoms. The van der Waals surface area contributed by atoms with Crippen LogP contribution in [0.15, 0.2) is 48.5 Å². The molecular weight excluding hydrogens is 436 g/mol. The van der Waals surface area contributed by atoms with Crippen molar-refractivity contribution in [2.24, 2.45) is 0 Å². The third kappa shape index (κ3) is 6.49. The number of amides is 3. The lowest BCUT2D eigenvalue weighted by molar-refractivity contribution is 0.0762. The lowest BCUT2D eigenvalue weighted by Gasteiger charge is -2.33. The van der Waals surface area contributed by atoms with Crippen LogP contribution in [0.25, 0.3) is 0 Å². The monoisotopic (exact) mass is 468 g/mol. The average Bonchev–Trinajstić information content (AvgIpc) is 3.08. The highest BCUT2D eigenvalue weighted by Gasteiger charge is 2.26. The van der Waals surface area contributed by atoms with E-state index >= 15 is 0 Å². The molecule has 2 heterocycles. The van der Waals surface area contributed by atoms with Crippen LogP contribution in [0.5, 0.6) is 0 Å². The predicted molar refractivity (Wildman–Crippen MR) is 132 cm³/mol. The van der Waals surface area contributed by atoms with Crippen LogP contribution in [-0.2, 0) is 6.54 Å². The number of urea groups is 1. The molecule has 3 amide bonds. The van der Waals surface area contributed by atoms with E-state index in [1.54, 1.807) is 0 Å². The van der Waals surface area contributed by atoms with Crippen molar-refractivity contribution in [1.29, 1.82) is 0 Å². The summed E-state index contributed by atoms with van der Waals surface area (Å²) in [6.45, 7) is 7.33. The van der Waals surface area contributed by atoms with Crippen LogP contribution in [0.4, 0.5) is 4.79 Å². The lowest BCUT2D eigenvalue weighted by atomic mass is 10.0.